The van der Waals surface area contributed by atoms with Gasteiger partial charge in [-0.25, -0.2) is 0 Å². The Labute approximate surface area is 89.7 Å². The zero-order chi connectivity index (χ0) is 11.1. The first-order chi connectivity index (χ1) is 6.99. The van der Waals surface area contributed by atoms with Gasteiger partial charge < -0.3 is 9.64 Å². The summed E-state index contributed by atoms with van der Waals surface area (Å²) in [5.74, 6) is 0.836. The molecule has 15 heavy (non-hydrogen) atoms. The summed E-state index contributed by atoms with van der Waals surface area (Å²) >= 11 is 0. The van der Waals surface area contributed by atoms with Crippen molar-refractivity contribution in [2.45, 2.75) is 26.4 Å². The van der Waals surface area contributed by atoms with Gasteiger partial charge in [-0.2, -0.15) is 0 Å². The van der Waals surface area contributed by atoms with Crippen LogP contribution < -0.4 is 9.64 Å². The third-order valence-electron chi connectivity index (χ3n) is 2.46. The van der Waals surface area contributed by atoms with Crippen molar-refractivity contribution in [1.82, 2.24) is 0 Å². The molecule has 1 aliphatic heterocycles. The molecule has 0 saturated heterocycles. The van der Waals surface area contributed by atoms with E-state index in [0.717, 1.165) is 11.4 Å². The van der Waals surface area contributed by atoms with Gasteiger partial charge in [0.05, 0.1) is 12.2 Å². The van der Waals surface area contributed by atoms with Crippen LogP contribution in [0.25, 0.3) is 0 Å². The lowest BCUT2D eigenvalue weighted by atomic mass is 10.1. The van der Waals surface area contributed by atoms with Crippen LogP contribution in [0.4, 0.5) is 5.69 Å². The number of hydrogen-bond acceptors (Lipinski definition) is 2. The van der Waals surface area contributed by atoms with Crippen molar-refractivity contribution >= 4 is 11.6 Å². The Hall–Kier alpha value is -1.51. The highest BCUT2D eigenvalue weighted by atomic mass is 16.5. The van der Waals surface area contributed by atoms with E-state index in [1.165, 1.54) is 0 Å². The minimum atomic E-state index is -0.319. The van der Waals surface area contributed by atoms with Gasteiger partial charge in [-0.3, -0.25) is 4.79 Å². The van der Waals surface area contributed by atoms with Crippen LogP contribution >= 0.6 is 0 Å². The molecular weight excluding hydrogens is 190 g/mol. The molecule has 0 radical (unpaired) electrons. The minimum absolute atomic E-state index is 0.0545. The zero-order valence-corrected chi connectivity index (χ0v) is 9.28. The van der Waals surface area contributed by atoms with E-state index in [0.29, 0.717) is 6.54 Å². The summed E-state index contributed by atoms with van der Waals surface area (Å²) in [5, 5.41) is 0. The number of ether oxygens (including phenoxy) is 1. The van der Waals surface area contributed by atoms with Crippen molar-refractivity contribution in [2.75, 3.05) is 11.4 Å². The summed E-state index contributed by atoms with van der Waals surface area (Å²) in [6, 6.07) is 7.63. The molecule has 3 heteroatoms. The third kappa shape index (κ3) is 1.82. The highest BCUT2D eigenvalue weighted by molar-refractivity contribution is 5.93. The number of amides is 1. The van der Waals surface area contributed by atoms with E-state index >= 15 is 0 Å². The molecule has 0 saturated carbocycles. The van der Waals surface area contributed by atoms with Gasteiger partial charge in [-0.05, 0) is 26.0 Å². The van der Waals surface area contributed by atoms with Crippen LogP contribution in [0, 0.1) is 0 Å². The summed E-state index contributed by atoms with van der Waals surface area (Å²) in [6.45, 7) is 6.15. The minimum Gasteiger partial charge on any atom is -0.484 e. The predicted molar refractivity (Wildman–Crippen MR) is 59.2 cm³/mol. The molecule has 2 rings (SSSR count). The smallest absolute Gasteiger partial charge is 0.224 e. The lowest BCUT2D eigenvalue weighted by Gasteiger charge is -2.39. The fourth-order valence-electron chi connectivity index (χ4n) is 1.84. The SMILES string of the molecule is CC(=O)N1CC(C)(C)Oc2ccccc21. The van der Waals surface area contributed by atoms with Gasteiger partial charge in [0.2, 0.25) is 5.91 Å². The lowest BCUT2D eigenvalue weighted by Crippen LogP contribution is -2.48. The number of carbonyl (C=O) groups excluding carboxylic acids is 1. The molecule has 1 heterocycles. The first kappa shape index (κ1) is 10.0. The summed E-state index contributed by atoms with van der Waals surface area (Å²) in [7, 11) is 0. The maximum atomic E-state index is 11.5. The first-order valence-electron chi connectivity index (χ1n) is 5.06. The van der Waals surface area contributed by atoms with Crippen LogP contribution in [-0.4, -0.2) is 18.1 Å². The van der Waals surface area contributed by atoms with Crippen LogP contribution in [0.15, 0.2) is 24.3 Å². The molecule has 1 amide bonds. The lowest BCUT2D eigenvalue weighted by molar-refractivity contribution is -0.117. The molecule has 80 valence electrons. The largest absolute Gasteiger partial charge is 0.484 e. The summed E-state index contributed by atoms with van der Waals surface area (Å²) < 4.78 is 5.81. The molecule has 0 aliphatic carbocycles. The Bertz CT molecular complexity index is 398. The number of rotatable bonds is 0. The molecule has 0 bridgehead atoms. The van der Waals surface area contributed by atoms with Crippen LogP contribution in [0.5, 0.6) is 5.75 Å². The monoisotopic (exact) mass is 205 g/mol. The van der Waals surface area contributed by atoms with Crippen molar-refractivity contribution in [1.29, 1.82) is 0 Å². The summed E-state index contributed by atoms with van der Waals surface area (Å²) in [6.07, 6.45) is 0. The molecule has 0 aromatic heterocycles. The number of benzene rings is 1. The molecule has 3 nitrogen and oxygen atoms in total. The number of hydrogen-bond donors (Lipinski definition) is 0. The zero-order valence-electron chi connectivity index (χ0n) is 9.28. The number of nitrogens with zero attached hydrogens (tertiary/aromatic N) is 1. The van der Waals surface area contributed by atoms with E-state index < -0.39 is 0 Å². The first-order valence-corrected chi connectivity index (χ1v) is 5.06. The van der Waals surface area contributed by atoms with Crippen molar-refractivity contribution < 1.29 is 9.53 Å². The van der Waals surface area contributed by atoms with Crippen LogP contribution in [0.3, 0.4) is 0 Å². The Morgan fingerprint density at radius 2 is 2.07 bits per heavy atom. The highest BCUT2D eigenvalue weighted by Gasteiger charge is 2.33. The van der Waals surface area contributed by atoms with Crippen LogP contribution in [0.2, 0.25) is 0 Å². The Morgan fingerprint density at radius 3 is 2.73 bits per heavy atom. The van der Waals surface area contributed by atoms with Crippen molar-refractivity contribution in [3.05, 3.63) is 24.3 Å². The second kappa shape index (κ2) is 3.26. The van der Waals surface area contributed by atoms with E-state index in [1.54, 1.807) is 11.8 Å². The van der Waals surface area contributed by atoms with E-state index in [-0.39, 0.29) is 11.5 Å². The van der Waals surface area contributed by atoms with Crippen molar-refractivity contribution in [3.8, 4) is 5.75 Å². The second-order valence-electron chi connectivity index (χ2n) is 4.43. The maximum absolute atomic E-state index is 11.5. The average molecular weight is 205 g/mol. The van der Waals surface area contributed by atoms with Gasteiger partial charge in [0, 0.05) is 6.92 Å². The molecule has 0 N–H and O–H groups in total. The van der Waals surface area contributed by atoms with Gasteiger partial charge in [0.25, 0.3) is 0 Å². The summed E-state index contributed by atoms with van der Waals surface area (Å²) in [4.78, 5) is 13.3. The number of carbonyl (C=O) groups is 1. The Morgan fingerprint density at radius 1 is 1.40 bits per heavy atom. The van der Waals surface area contributed by atoms with Gasteiger partial charge in [0.15, 0.2) is 0 Å². The van der Waals surface area contributed by atoms with E-state index in [9.17, 15) is 4.79 Å². The second-order valence-corrected chi connectivity index (χ2v) is 4.43. The Kier molecular flexibility index (Phi) is 2.18. The number of fused-ring (bicyclic) bond motifs is 1. The van der Waals surface area contributed by atoms with E-state index in [4.69, 9.17) is 4.74 Å². The topological polar surface area (TPSA) is 29.5 Å². The maximum Gasteiger partial charge on any atom is 0.224 e. The molecule has 1 aromatic carbocycles. The number of para-hydroxylation sites is 2. The molecule has 0 spiro atoms. The standard InChI is InChI=1S/C12H15NO2/c1-9(14)13-8-12(2,3)15-11-7-5-4-6-10(11)13/h4-7H,8H2,1-3H3. The normalized spacial score (nSPS) is 17.9. The molecule has 0 atom stereocenters. The van der Waals surface area contributed by atoms with Crippen LogP contribution in [-0.2, 0) is 4.79 Å². The molecular formula is C12H15NO2. The average Bonchev–Trinajstić information content (AvgIpc) is 2.14. The van der Waals surface area contributed by atoms with Crippen molar-refractivity contribution in [3.63, 3.8) is 0 Å². The van der Waals surface area contributed by atoms with Gasteiger partial charge in [-0.15, -0.1) is 0 Å². The molecule has 1 aromatic rings. The molecule has 0 unspecified atom stereocenters. The van der Waals surface area contributed by atoms with Gasteiger partial charge >= 0.3 is 0 Å². The Balaban J connectivity index is 2.47. The van der Waals surface area contributed by atoms with E-state index in [2.05, 4.69) is 0 Å². The fourth-order valence-corrected chi connectivity index (χ4v) is 1.84. The number of anilines is 1. The predicted octanol–water partition coefficient (Wildman–Crippen LogP) is 2.21. The van der Waals surface area contributed by atoms with E-state index in [1.807, 2.05) is 38.1 Å². The van der Waals surface area contributed by atoms with Crippen LogP contribution in [0.1, 0.15) is 20.8 Å². The third-order valence-corrected chi connectivity index (χ3v) is 2.46. The van der Waals surface area contributed by atoms with Crippen molar-refractivity contribution in [2.24, 2.45) is 0 Å². The van der Waals surface area contributed by atoms with Gasteiger partial charge in [-0.1, -0.05) is 12.1 Å². The van der Waals surface area contributed by atoms with Gasteiger partial charge in [0.1, 0.15) is 11.4 Å². The fraction of sp³-hybridized carbons (Fsp3) is 0.417. The molecule has 1 aliphatic rings. The quantitative estimate of drug-likeness (QED) is 0.650. The molecule has 0 fully saturated rings. The highest BCUT2D eigenvalue weighted by Crippen LogP contribution is 2.36. The summed E-state index contributed by atoms with van der Waals surface area (Å²) in [5.41, 5.74) is 0.546.